The molecule has 1 aromatic rings. The van der Waals surface area contributed by atoms with Crippen LogP contribution in [0.2, 0.25) is 0 Å². The smallest absolute Gasteiger partial charge is 0.285 e. The molecule has 2 atom stereocenters. The molecule has 0 aliphatic carbocycles. The molecule has 1 amide bonds. The maximum atomic E-state index is 13.2. The molecule has 2 fully saturated rings. The van der Waals surface area contributed by atoms with Crippen molar-refractivity contribution in [1.82, 2.24) is 4.90 Å². The van der Waals surface area contributed by atoms with Gasteiger partial charge >= 0.3 is 0 Å². The standard InChI is InChI=1S/C14H15FN2O4/c15-8-1-4-12(13(5-8)17(20)21)14(19)16-9-2-3-10(16)7-11(18)6-9/h1,4-5,9-11,18H,2-3,6-7H2. The van der Waals surface area contributed by atoms with Crippen LogP contribution in [0.1, 0.15) is 36.0 Å². The van der Waals surface area contributed by atoms with E-state index < -0.39 is 28.4 Å². The van der Waals surface area contributed by atoms with Crippen molar-refractivity contribution in [3.05, 3.63) is 39.7 Å². The van der Waals surface area contributed by atoms with E-state index in [1.807, 2.05) is 0 Å². The van der Waals surface area contributed by atoms with Crippen LogP contribution in [0.3, 0.4) is 0 Å². The Hall–Kier alpha value is -2.02. The SMILES string of the molecule is O=C(c1ccc(F)cc1[N+](=O)[O-])N1C2CCC1CC(O)C2. The van der Waals surface area contributed by atoms with Gasteiger partial charge in [0, 0.05) is 12.1 Å². The fraction of sp³-hybridized carbons (Fsp3) is 0.500. The second-order valence-electron chi connectivity index (χ2n) is 5.64. The lowest BCUT2D eigenvalue weighted by Crippen LogP contribution is -2.48. The average Bonchev–Trinajstić information content (AvgIpc) is 2.70. The Kier molecular flexibility index (Phi) is 3.36. The van der Waals surface area contributed by atoms with Crippen molar-refractivity contribution in [2.75, 3.05) is 0 Å². The summed E-state index contributed by atoms with van der Waals surface area (Å²) in [5.41, 5.74) is -0.597. The highest BCUT2D eigenvalue weighted by Crippen LogP contribution is 2.37. The Morgan fingerprint density at radius 1 is 1.33 bits per heavy atom. The molecule has 2 saturated heterocycles. The van der Waals surface area contributed by atoms with Gasteiger partial charge in [-0.1, -0.05) is 0 Å². The van der Waals surface area contributed by atoms with E-state index in [4.69, 9.17) is 0 Å². The van der Waals surface area contributed by atoms with E-state index in [1.165, 1.54) is 6.07 Å². The molecule has 2 unspecified atom stereocenters. The number of nitro groups is 1. The number of halogens is 1. The highest BCUT2D eigenvalue weighted by Gasteiger charge is 2.44. The monoisotopic (exact) mass is 294 g/mol. The molecule has 1 N–H and O–H groups in total. The molecule has 6 nitrogen and oxygen atoms in total. The first-order chi connectivity index (χ1) is 9.97. The van der Waals surface area contributed by atoms with Gasteiger partial charge in [-0.2, -0.15) is 0 Å². The van der Waals surface area contributed by atoms with Gasteiger partial charge in [-0.05, 0) is 37.8 Å². The Morgan fingerprint density at radius 3 is 2.52 bits per heavy atom. The first-order valence-electron chi connectivity index (χ1n) is 6.92. The first-order valence-corrected chi connectivity index (χ1v) is 6.92. The minimum absolute atomic E-state index is 0.0871. The van der Waals surface area contributed by atoms with Crippen LogP contribution in [0.5, 0.6) is 0 Å². The van der Waals surface area contributed by atoms with Crippen LogP contribution in [-0.4, -0.2) is 39.0 Å². The quantitative estimate of drug-likeness (QED) is 0.666. The molecule has 0 saturated carbocycles. The third-order valence-corrected chi connectivity index (χ3v) is 4.33. The lowest BCUT2D eigenvalue weighted by molar-refractivity contribution is -0.385. The summed E-state index contributed by atoms with van der Waals surface area (Å²) in [5, 5.41) is 20.8. The molecule has 0 spiro atoms. The van der Waals surface area contributed by atoms with E-state index in [9.17, 15) is 24.4 Å². The lowest BCUT2D eigenvalue weighted by atomic mass is 9.98. The van der Waals surface area contributed by atoms with Crippen LogP contribution < -0.4 is 0 Å². The maximum absolute atomic E-state index is 13.2. The predicted molar refractivity (Wildman–Crippen MR) is 71.3 cm³/mol. The molecule has 112 valence electrons. The lowest BCUT2D eigenvalue weighted by Gasteiger charge is -2.37. The summed E-state index contributed by atoms with van der Waals surface area (Å²) in [7, 11) is 0. The molecule has 3 rings (SSSR count). The number of carbonyl (C=O) groups is 1. The van der Waals surface area contributed by atoms with Crippen LogP contribution >= 0.6 is 0 Å². The second kappa shape index (κ2) is 5.07. The fourth-order valence-corrected chi connectivity index (χ4v) is 3.46. The van der Waals surface area contributed by atoms with Crippen molar-refractivity contribution in [1.29, 1.82) is 0 Å². The summed E-state index contributed by atoms with van der Waals surface area (Å²) >= 11 is 0. The number of piperidine rings is 1. The van der Waals surface area contributed by atoms with Crippen molar-refractivity contribution in [3.63, 3.8) is 0 Å². The van der Waals surface area contributed by atoms with Gasteiger partial charge in [-0.25, -0.2) is 4.39 Å². The molecule has 2 heterocycles. The van der Waals surface area contributed by atoms with Crippen molar-refractivity contribution >= 4 is 11.6 Å². The van der Waals surface area contributed by atoms with Crippen LogP contribution in [0.15, 0.2) is 18.2 Å². The zero-order valence-electron chi connectivity index (χ0n) is 11.2. The summed E-state index contributed by atoms with van der Waals surface area (Å²) in [6.07, 6.45) is 2.16. The summed E-state index contributed by atoms with van der Waals surface area (Å²) in [6, 6.07) is 2.82. The summed E-state index contributed by atoms with van der Waals surface area (Å²) in [4.78, 5) is 24.5. The third-order valence-electron chi connectivity index (χ3n) is 4.33. The van der Waals surface area contributed by atoms with E-state index in [2.05, 4.69) is 0 Å². The predicted octanol–water partition coefficient (Wildman–Crippen LogP) is 1.86. The number of aliphatic hydroxyl groups is 1. The molecule has 0 radical (unpaired) electrons. The normalized spacial score (nSPS) is 27.7. The zero-order chi connectivity index (χ0) is 15.1. The first kappa shape index (κ1) is 13.9. The van der Waals surface area contributed by atoms with Gasteiger partial charge in [-0.3, -0.25) is 14.9 Å². The number of carbonyl (C=O) groups excluding carboxylic acids is 1. The van der Waals surface area contributed by atoms with Crippen molar-refractivity contribution < 1.29 is 19.2 Å². The number of fused-ring (bicyclic) bond motifs is 2. The minimum atomic E-state index is -0.740. The Morgan fingerprint density at radius 2 is 1.95 bits per heavy atom. The molecule has 21 heavy (non-hydrogen) atoms. The van der Waals surface area contributed by atoms with Crippen molar-refractivity contribution in [2.45, 2.75) is 43.9 Å². The van der Waals surface area contributed by atoms with Gasteiger partial charge in [-0.15, -0.1) is 0 Å². The summed E-state index contributed by atoms with van der Waals surface area (Å²) in [5.74, 6) is -1.18. The van der Waals surface area contributed by atoms with Gasteiger partial charge in [0.2, 0.25) is 0 Å². The number of benzene rings is 1. The van der Waals surface area contributed by atoms with E-state index in [0.29, 0.717) is 12.8 Å². The Bertz CT molecular complexity index is 593. The highest BCUT2D eigenvalue weighted by atomic mass is 19.1. The highest BCUT2D eigenvalue weighted by molar-refractivity contribution is 5.98. The molecule has 2 aliphatic heterocycles. The van der Waals surface area contributed by atoms with Crippen molar-refractivity contribution in [2.24, 2.45) is 0 Å². The second-order valence-corrected chi connectivity index (χ2v) is 5.64. The molecular weight excluding hydrogens is 279 g/mol. The van der Waals surface area contributed by atoms with Gasteiger partial charge in [0.1, 0.15) is 11.4 Å². The van der Waals surface area contributed by atoms with Gasteiger partial charge in [0.25, 0.3) is 11.6 Å². The maximum Gasteiger partial charge on any atom is 0.285 e. The van der Waals surface area contributed by atoms with Gasteiger partial charge < -0.3 is 10.0 Å². The minimum Gasteiger partial charge on any atom is -0.393 e. The van der Waals surface area contributed by atoms with E-state index in [1.54, 1.807) is 4.90 Å². The van der Waals surface area contributed by atoms with Crippen LogP contribution in [0.4, 0.5) is 10.1 Å². The average molecular weight is 294 g/mol. The summed E-state index contributed by atoms with van der Waals surface area (Å²) in [6.45, 7) is 0. The largest absolute Gasteiger partial charge is 0.393 e. The molecular formula is C14H15FN2O4. The molecule has 7 heteroatoms. The fourth-order valence-electron chi connectivity index (χ4n) is 3.46. The van der Waals surface area contributed by atoms with E-state index in [0.717, 1.165) is 25.0 Å². The number of nitro benzene ring substituents is 1. The van der Waals surface area contributed by atoms with Gasteiger partial charge in [0.15, 0.2) is 0 Å². The molecule has 0 aromatic heterocycles. The number of amides is 1. The van der Waals surface area contributed by atoms with Crippen LogP contribution in [0.25, 0.3) is 0 Å². The molecule has 1 aromatic carbocycles. The zero-order valence-corrected chi connectivity index (χ0v) is 11.2. The number of rotatable bonds is 2. The van der Waals surface area contributed by atoms with Crippen LogP contribution in [-0.2, 0) is 0 Å². The van der Waals surface area contributed by atoms with Gasteiger partial charge in [0.05, 0.1) is 17.1 Å². The molecule has 2 aliphatic rings. The number of aliphatic hydroxyl groups excluding tert-OH is 1. The molecule has 2 bridgehead atoms. The Labute approximate surface area is 120 Å². The van der Waals surface area contributed by atoms with E-state index >= 15 is 0 Å². The van der Waals surface area contributed by atoms with Crippen molar-refractivity contribution in [3.8, 4) is 0 Å². The topological polar surface area (TPSA) is 83.7 Å². The number of hydrogen-bond acceptors (Lipinski definition) is 4. The number of hydrogen-bond donors (Lipinski definition) is 1. The number of nitrogens with zero attached hydrogens (tertiary/aromatic N) is 2. The third kappa shape index (κ3) is 2.37. The van der Waals surface area contributed by atoms with Crippen LogP contribution in [0, 0.1) is 15.9 Å². The Balaban J connectivity index is 1.95. The summed E-state index contributed by atoms with van der Waals surface area (Å²) < 4.78 is 13.2. The van der Waals surface area contributed by atoms with E-state index in [-0.39, 0.29) is 17.6 Å².